The van der Waals surface area contributed by atoms with Crippen LogP contribution in [0.5, 0.6) is 23.3 Å². The van der Waals surface area contributed by atoms with Crippen molar-refractivity contribution in [3.63, 3.8) is 0 Å². The number of amides is 2. The van der Waals surface area contributed by atoms with E-state index in [9.17, 15) is 43.2 Å². The first-order valence-corrected chi connectivity index (χ1v) is 21.4. The Kier molecular flexibility index (Phi) is 12.3. The summed E-state index contributed by atoms with van der Waals surface area (Å²) >= 11 is 0. The molecule has 4 aromatic carbocycles. The molecule has 0 radical (unpaired) electrons. The Morgan fingerprint density at radius 3 is 2.37 bits per heavy atom. The molecule has 1 saturated heterocycles. The number of phenols is 3. The number of aromatic hydroxyl groups is 4. The summed E-state index contributed by atoms with van der Waals surface area (Å²) in [5.41, 5.74) is 1.60. The highest BCUT2D eigenvalue weighted by Gasteiger charge is 2.35. The first kappa shape index (κ1) is 44.3. The van der Waals surface area contributed by atoms with Gasteiger partial charge in [0.2, 0.25) is 17.8 Å². The summed E-state index contributed by atoms with van der Waals surface area (Å²) < 4.78 is 44.7. The van der Waals surface area contributed by atoms with E-state index >= 15 is 0 Å². The maximum Gasteiger partial charge on any atom is 0.416 e. The van der Waals surface area contributed by atoms with E-state index in [0.29, 0.717) is 57.7 Å². The monoisotopic (exact) mass is 894 g/mol. The quantitative estimate of drug-likeness (QED) is 0.0769. The highest BCUT2D eigenvalue weighted by molar-refractivity contribution is 5.95. The van der Waals surface area contributed by atoms with Crippen molar-refractivity contribution >= 4 is 40.0 Å². The minimum absolute atomic E-state index is 0.0294. The zero-order valence-corrected chi connectivity index (χ0v) is 36.0. The van der Waals surface area contributed by atoms with E-state index in [1.54, 1.807) is 26.0 Å². The Balaban J connectivity index is 0.984. The third-order valence-corrected chi connectivity index (χ3v) is 11.9. The maximum atomic E-state index is 14.6. The normalized spacial score (nSPS) is 14.2. The average Bonchev–Trinajstić information content (AvgIpc) is 3.67. The number of aromatic nitrogens is 5. The number of anilines is 3. The van der Waals surface area contributed by atoms with Crippen LogP contribution >= 0.6 is 0 Å². The van der Waals surface area contributed by atoms with Gasteiger partial charge in [0.05, 0.1) is 29.1 Å². The van der Waals surface area contributed by atoms with E-state index in [1.807, 2.05) is 36.1 Å². The molecule has 0 saturated carbocycles. The van der Waals surface area contributed by atoms with Gasteiger partial charge in [0.1, 0.15) is 23.1 Å². The molecule has 0 spiro atoms. The molecule has 2 amide bonds. The lowest BCUT2D eigenvalue weighted by Crippen LogP contribution is -2.49. The SMILES string of the molecule is CCC(=O)N1CCN(c2nc(NCCC(=O)NCc3ccc(-n4c(O)nnc4-c4cc(C(C)C)c(O)cc4O)cc3C(F)(F)F)nc3c2CCN(c2cc(O)cc4ccccc24)C3)CC1. The Labute approximate surface area is 372 Å². The molecule has 2 aromatic heterocycles. The zero-order valence-electron chi connectivity index (χ0n) is 36.0. The molecular weight excluding hydrogens is 846 g/mol. The highest BCUT2D eigenvalue weighted by atomic mass is 19.4. The predicted molar refractivity (Wildman–Crippen MR) is 237 cm³/mol. The first-order valence-electron chi connectivity index (χ1n) is 21.4. The fourth-order valence-electron chi connectivity index (χ4n) is 8.50. The first-order chi connectivity index (χ1) is 31.1. The van der Waals surface area contributed by atoms with Crippen LogP contribution in [0.4, 0.5) is 30.6 Å². The van der Waals surface area contributed by atoms with E-state index in [0.717, 1.165) is 50.2 Å². The minimum Gasteiger partial charge on any atom is -0.508 e. The van der Waals surface area contributed by atoms with Crippen molar-refractivity contribution in [2.45, 2.75) is 65.2 Å². The molecule has 2 aliphatic rings. The number of carbonyl (C=O) groups is 2. The number of hydrogen-bond acceptors (Lipinski definition) is 13. The van der Waals surface area contributed by atoms with E-state index < -0.39 is 36.0 Å². The molecule has 0 atom stereocenters. The molecule has 2 aliphatic heterocycles. The lowest BCUT2D eigenvalue weighted by Gasteiger charge is -2.38. The van der Waals surface area contributed by atoms with Gasteiger partial charge in [-0.2, -0.15) is 18.2 Å². The zero-order chi connectivity index (χ0) is 46.2. The minimum atomic E-state index is -4.86. The molecule has 4 heterocycles. The molecule has 1 fully saturated rings. The second-order valence-corrected chi connectivity index (χ2v) is 16.4. The third-order valence-electron chi connectivity index (χ3n) is 11.9. The molecule has 0 bridgehead atoms. The number of alkyl halides is 3. The number of phenolic OH excluding ortho intramolecular Hbond substituents is 3. The summed E-state index contributed by atoms with van der Waals surface area (Å²) in [6, 6.07) is 16.4. The van der Waals surface area contributed by atoms with Gasteiger partial charge in [0, 0.05) is 87.4 Å². The number of hydrogen-bond donors (Lipinski definition) is 6. The third kappa shape index (κ3) is 9.21. The van der Waals surface area contributed by atoms with Crippen molar-refractivity contribution in [1.29, 1.82) is 0 Å². The molecule has 65 heavy (non-hydrogen) atoms. The van der Waals surface area contributed by atoms with E-state index in [-0.39, 0.29) is 64.9 Å². The number of benzene rings is 4. The van der Waals surface area contributed by atoms with Crippen molar-refractivity contribution in [1.82, 2.24) is 34.9 Å². The van der Waals surface area contributed by atoms with Crippen molar-refractivity contribution in [3.05, 3.63) is 94.7 Å². The van der Waals surface area contributed by atoms with Crippen LogP contribution in [0.25, 0.3) is 27.8 Å². The summed E-state index contributed by atoms with van der Waals surface area (Å²) in [5.74, 6) is -0.238. The van der Waals surface area contributed by atoms with Crippen molar-refractivity contribution in [3.8, 4) is 40.3 Å². The van der Waals surface area contributed by atoms with E-state index in [4.69, 9.17) is 9.97 Å². The van der Waals surface area contributed by atoms with Gasteiger partial charge in [0.25, 0.3) is 0 Å². The summed E-state index contributed by atoms with van der Waals surface area (Å²) in [7, 11) is 0. The number of nitrogens with zero attached hydrogens (tertiary/aromatic N) is 8. The smallest absolute Gasteiger partial charge is 0.416 e. The van der Waals surface area contributed by atoms with Gasteiger partial charge in [-0.25, -0.2) is 9.55 Å². The van der Waals surface area contributed by atoms with Gasteiger partial charge in [0.15, 0.2) is 5.82 Å². The molecule has 6 aromatic rings. The number of piperazine rings is 1. The molecule has 19 heteroatoms. The van der Waals surface area contributed by atoms with Crippen LogP contribution in [0.1, 0.15) is 67.5 Å². The van der Waals surface area contributed by atoms with E-state index in [1.165, 1.54) is 18.2 Å². The van der Waals surface area contributed by atoms with Gasteiger partial charge in [-0.15, -0.1) is 5.10 Å². The van der Waals surface area contributed by atoms with Gasteiger partial charge in [-0.3, -0.25) is 9.59 Å². The van der Waals surface area contributed by atoms with Crippen molar-refractivity contribution in [2.24, 2.45) is 0 Å². The van der Waals surface area contributed by atoms with Crippen molar-refractivity contribution in [2.75, 3.05) is 54.4 Å². The standard InChI is InChI=1S/C46H49F3N10O6/c1-4-41(64)56-15-17-57(18-16-56)42-32-12-14-58(37-21-30(60)19-27-7-5-6-8-31(27)37)25-36(32)52-44(53-42)50-13-11-40(63)51-24-28-9-10-29(20-35(28)46(47,48)49)59-43(54-55-45(59)65)34-22-33(26(2)3)38(61)23-39(34)62/h5-10,19-23,26,60-62H,4,11-18,24-25H2,1-3H3,(H,51,63)(H,55,65)(H,50,52,53). The number of halogens is 3. The highest BCUT2D eigenvalue weighted by Crippen LogP contribution is 2.41. The van der Waals surface area contributed by atoms with Gasteiger partial charge >= 0.3 is 12.2 Å². The molecule has 16 nitrogen and oxygen atoms in total. The fraction of sp³-hybridized carbons (Fsp3) is 0.348. The Morgan fingerprint density at radius 1 is 0.862 bits per heavy atom. The average molecular weight is 895 g/mol. The van der Waals surface area contributed by atoms with Crippen LogP contribution in [0.15, 0.2) is 66.7 Å². The van der Waals surface area contributed by atoms with Gasteiger partial charge in [-0.05, 0) is 53.1 Å². The lowest BCUT2D eigenvalue weighted by molar-refractivity contribution is -0.138. The van der Waals surface area contributed by atoms with Gasteiger partial charge < -0.3 is 45.8 Å². The van der Waals surface area contributed by atoms with Crippen LogP contribution in [-0.4, -0.2) is 101 Å². The summed E-state index contributed by atoms with van der Waals surface area (Å²) in [5, 5.41) is 57.4. The Hall–Kier alpha value is -7.31. The van der Waals surface area contributed by atoms with E-state index in [2.05, 4.69) is 30.6 Å². The predicted octanol–water partition coefficient (Wildman–Crippen LogP) is 6.58. The second-order valence-electron chi connectivity index (χ2n) is 16.4. The number of rotatable bonds is 12. The Bertz CT molecular complexity index is 2770. The molecule has 8 rings (SSSR count). The molecule has 340 valence electrons. The summed E-state index contributed by atoms with van der Waals surface area (Å²) in [6.07, 6.45) is -3.95. The van der Waals surface area contributed by atoms with Crippen LogP contribution < -0.4 is 20.4 Å². The molecule has 0 unspecified atom stereocenters. The summed E-state index contributed by atoms with van der Waals surface area (Å²) in [4.78, 5) is 41.5. The number of nitrogens with one attached hydrogen (secondary N) is 2. The number of fused-ring (bicyclic) bond motifs is 2. The molecular formula is C46H49F3N10O6. The van der Waals surface area contributed by atoms with Crippen molar-refractivity contribution < 1.29 is 43.2 Å². The maximum absolute atomic E-state index is 14.6. The summed E-state index contributed by atoms with van der Waals surface area (Å²) in [6.45, 7) is 8.34. The van der Waals surface area contributed by atoms with Crippen LogP contribution in [-0.2, 0) is 35.3 Å². The topological polar surface area (TPSA) is 205 Å². The van der Waals surface area contributed by atoms with Gasteiger partial charge in [-0.1, -0.05) is 56.2 Å². The fourth-order valence-corrected chi connectivity index (χ4v) is 8.50. The molecule has 0 aliphatic carbocycles. The van der Waals surface area contributed by atoms with Crippen LogP contribution in [0.2, 0.25) is 0 Å². The largest absolute Gasteiger partial charge is 0.508 e. The van der Waals surface area contributed by atoms with Crippen LogP contribution in [0.3, 0.4) is 0 Å². The number of carbonyl (C=O) groups excluding carboxylic acids is 2. The lowest BCUT2D eigenvalue weighted by atomic mass is 9.98. The Morgan fingerprint density at radius 2 is 1.63 bits per heavy atom. The van der Waals surface area contributed by atoms with Crippen LogP contribution in [0, 0.1) is 0 Å². The molecule has 6 N–H and O–H groups in total. The second kappa shape index (κ2) is 18.1.